The molecule has 0 heterocycles. The molecule has 0 saturated carbocycles. The summed E-state index contributed by atoms with van der Waals surface area (Å²) in [7, 11) is 0. The summed E-state index contributed by atoms with van der Waals surface area (Å²) in [6.45, 7) is 0. The van der Waals surface area contributed by atoms with Gasteiger partial charge in [-0.3, -0.25) is 0 Å². The standard InChI is InChI=1S/C22H19Cl2NO2.Cu/c23-18-13-15(21(26)19(24)14-18)11-12-20(25)22(27,16-7-3-1-4-8-16)17-9-5-2-6-10-17;/h1-14,20,26-27H,25H2;/t20-;/m1./s1. The van der Waals surface area contributed by atoms with Crippen molar-refractivity contribution < 1.29 is 27.3 Å². The molecule has 0 bridgehead atoms. The first kappa shape index (κ1) is 22.5. The number of hydrogen-bond acceptors (Lipinski definition) is 3. The fraction of sp³-hybridized carbons (Fsp3) is 0.0909. The van der Waals surface area contributed by atoms with Gasteiger partial charge in [-0.1, -0.05) is 96.0 Å². The number of halogens is 2. The van der Waals surface area contributed by atoms with Crippen LogP contribution in [0.3, 0.4) is 0 Å². The molecule has 0 amide bonds. The SMILES string of the molecule is N[C@H](C=Cc1cc(Cl)cc(Cl)c1O)C(O)(c1ccccc1)c1ccccc1.[Cu]. The van der Waals surface area contributed by atoms with Crippen LogP contribution in [0.4, 0.5) is 0 Å². The Labute approximate surface area is 184 Å². The average Bonchev–Trinajstić information content (AvgIpc) is 2.70. The molecule has 0 saturated heterocycles. The maximum absolute atomic E-state index is 11.6. The molecule has 3 aromatic carbocycles. The largest absolute Gasteiger partial charge is 0.506 e. The minimum Gasteiger partial charge on any atom is -0.506 e. The van der Waals surface area contributed by atoms with Crippen molar-refractivity contribution in [2.24, 2.45) is 5.73 Å². The van der Waals surface area contributed by atoms with Gasteiger partial charge < -0.3 is 15.9 Å². The Morgan fingerprint density at radius 3 is 1.89 bits per heavy atom. The van der Waals surface area contributed by atoms with E-state index >= 15 is 0 Å². The summed E-state index contributed by atoms with van der Waals surface area (Å²) >= 11 is 12.0. The van der Waals surface area contributed by atoms with Gasteiger partial charge in [0.15, 0.2) is 0 Å². The van der Waals surface area contributed by atoms with Crippen LogP contribution >= 0.6 is 23.2 Å². The molecule has 6 heteroatoms. The molecule has 0 unspecified atom stereocenters. The van der Waals surface area contributed by atoms with E-state index in [-0.39, 0.29) is 27.8 Å². The van der Waals surface area contributed by atoms with E-state index < -0.39 is 11.6 Å². The summed E-state index contributed by atoms with van der Waals surface area (Å²) in [6.07, 6.45) is 3.23. The maximum atomic E-state index is 11.6. The summed E-state index contributed by atoms with van der Waals surface area (Å²) in [5.74, 6) is -0.0903. The van der Waals surface area contributed by atoms with E-state index in [2.05, 4.69) is 0 Å². The smallest absolute Gasteiger partial charge is 0.141 e. The number of hydrogen-bond donors (Lipinski definition) is 3. The minimum atomic E-state index is -1.45. The molecule has 0 aliphatic rings. The van der Waals surface area contributed by atoms with Crippen LogP contribution in [-0.4, -0.2) is 16.3 Å². The average molecular weight is 464 g/mol. The van der Waals surface area contributed by atoms with Crippen LogP contribution in [0.2, 0.25) is 10.0 Å². The Morgan fingerprint density at radius 1 is 0.893 bits per heavy atom. The number of phenols is 1. The molecule has 0 spiro atoms. The minimum absolute atomic E-state index is 0. The molecule has 1 radical (unpaired) electrons. The molecule has 4 N–H and O–H groups in total. The second-order valence-electron chi connectivity index (χ2n) is 6.21. The predicted octanol–water partition coefficient (Wildman–Crippen LogP) is 4.97. The van der Waals surface area contributed by atoms with E-state index in [0.717, 1.165) is 0 Å². The molecule has 149 valence electrons. The van der Waals surface area contributed by atoms with Crippen molar-refractivity contribution in [1.29, 1.82) is 0 Å². The summed E-state index contributed by atoms with van der Waals surface area (Å²) in [5.41, 5.74) is 6.72. The van der Waals surface area contributed by atoms with E-state index in [0.29, 0.717) is 21.7 Å². The maximum Gasteiger partial charge on any atom is 0.141 e. The summed E-state index contributed by atoms with van der Waals surface area (Å²) in [6, 6.07) is 20.7. The van der Waals surface area contributed by atoms with Crippen LogP contribution < -0.4 is 5.73 Å². The Kier molecular flexibility index (Phi) is 7.73. The van der Waals surface area contributed by atoms with Crippen molar-refractivity contribution in [2.75, 3.05) is 0 Å². The fourth-order valence-electron chi connectivity index (χ4n) is 3.00. The third kappa shape index (κ3) is 4.61. The number of rotatable bonds is 5. The molecule has 3 rings (SSSR count). The Hall–Kier alpha value is -1.78. The van der Waals surface area contributed by atoms with Gasteiger partial charge in [0.05, 0.1) is 11.1 Å². The van der Waals surface area contributed by atoms with E-state index in [9.17, 15) is 10.2 Å². The normalized spacial score (nSPS) is 12.6. The molecular weight excluding hydrogens is 445 g/mol. The second kappa shape index (κ2) is 9.62. The zero-order valence-electron chi connectivity index (χ0n) is 14.7. The molecule has 0 fully saturated rings. The fourth-order valence-corrected chi connectivity index (χ4v) is 3.50. The Morgan fingerprint density at radius 2 is 1.39 bits per heavy atom. The summed E-state index contributed by atoms with van der Waals surface area (Å²) in [5, 5.41) is 22.3. The van der Waals surface area contributed by atoms with Crippen LogP contribution in [0.1, 0.15) is 16.7 Å². The van der Waals surface area contributed by atoms with E-state index in [1.54, 1.807) is 18.2 Å². The van der Waals surface area contributed by atoms with Gasteiger partial charge in [-0.05, 0) is 23.3 Å². The van der Waals surface area contributed by atoms with Gasteiger partial charge in [-0.15, -0.1) is 0 Å². The number of benzene rings is 3. The van der Waals surface area contributed by atoms with Crippen LogP contribution in [-0.2, 0) is 22.7 Å². The molecule has 3 aromatic rings. The molecule has 1 atom stereocenters. The first-order valence-corrected chi connectivity index (χ1v) is 9.13. The van der Waals surface area contributed by atoms with Gasteiger partial charge >= 0.3 is 0 Å². The first-order chi connectivity index (χ1) is 12.9. The molecule has 0 aromatic heterocycles. The van der Waals surface area contributed by atoms with Crippen LogP contribution in [0.5, 0.6) is 5.75 Å². The monoisotopic (exact) mass is 462 g/mol. The number of phenolic OH excluding ortho intramolecular Hbond substituents is 1. The van der Waals surface area contributed by atoms with Crippen molar-refractivity contribution in [3.8, 4) is 5.75 Å². The molecule has 28 heavy (non-hydrogen) atoms. The first-order valence-electron chi connectivity index (χ1n) is 8.38. The number of aromatic hydroxyl groups is 1. The summed E-state index contributed by atoms with van der Waals surface area (Å²) < 4.78 is 0. The van der Waals surface area contributed by atoms with Gasteiger partial charge in [-0.25, -0.2) is 0 Å². The summed E-state index contributed by atoms with van der Waals surface area (Å²) in [4.78, 5) is 0. The van der Waals surface area contributed by atoms with Crippen LogP contribution in [0.15, 0.2) is 78.9 Å². The van der Waals surface area contributed by atoms with Crippen molar-refractivity contribution in [3.63, 3.8) is 0 Å². The van der Waals surface area contributed by atoms with Gasteiger partial charge in [0.25, 0.3) is 0 Å². The zero-order valence-corrected chi connectivity index (χ0v) is 17.1. The van der Waals surface area contributed by atoms with Crippen molar-refractivity contribution in [1.82, 2.24) is 0 Å². The number of nitrogens with two attached hydrogens (primary N) is 1. The topological polar surface area (TPSA) is 66.5 Å². The van der Waals surface area contributed by atoms with Gasteiger partial charge in [0.1, 0.15) is 11.4 Å². The molecule has 0 aliphatic heterocycles. The predicted molar refractivity (Wildman–Crippen MR) is 111 cm³/mol. The van der Waals surface area contributed by atoms with Gasteiger partial charge in [-0.2, -0.15) is 0 Å². The number of aliphatic hydroxyl groups is 1. The zero-order chi connectivity index (χ0) is 19.4. The Balaban J connectivity index is 0.00000280. The van der Waals surface area contributed by atoms with Crippen molar-refractivity contribution in [2.45, 2.75) is 11.6 Å². The van der Waals surface area contributed by atoms with E-state index in [1.807, 2.05) is 60.7 Å². The molecular formula is C22H19Cl2CuNO2. The molecule has 0 aliphatic carbocycles. The van der Waals surface area contributed by atoms with Crippen LogP contribution in [0, 0.1) is 0 Å². The van der Waals surface area contributed by atoms with Gasteiger partial charge in [0, 0.05) is 27.7 Å². The quantitative estimate of drug-likeness (QED) is 0.468. The van der Waals surface area contributed by atoms with Crippen LogP contribution in [0.25, 0.3) is 6.08 Å². The third-order valence-corrected chi connectivity index (χ3v) is 4.96. The van der Waals surface area contributed by atoms with Gasteiger partial charge in [0.2, 0.25) is 0 Å². The third-order valence-electron chi connectivity index (χ3n) is 4.45. The van der Waals surface area contributed by atoms with E-state index in [4.69, 9.17) is 28.9 Å². The van der Waals surface area contributed by atoms with E-state index in [1.165, 1.54) is 6.07 Å². The van der Waals surface area contributed by atoms with Crippen molar-refractivity contribution in [3.05, 3.63) is 106 Å². The Bertz CT molecular complexity index is 910. The second-order valence-corrected chi connectivity index (χ2v) is 7.05. The van der Waals surface area contributed by atoms with Crippen molar-refractivity contribution >= 4 is 29.3 Å². The molecule has 3 nitrogen and oxygen atoms in total.